The van der Waals surface area contributed by atoms with Crippen LogP contribution in [0.2, 0.25) is 0 Å². The monoisotopic (exact) mass is 618 g/mol. The Kier molecular flexibility index (Phi) is 9.33. The number of likely N-dealkylation sites (tertiary alicyclic amines) is 1. The van der Waals surface area contributed by atoms with Gasteiger partial charge >= 0.3 is 0 Å². The Hall–Kier alpha value is -3.68. The predicted octanol–water partition coefficient (Wildman–Crippen LogP) is 2.38. The van der Waals surface area contributed by atoms with Gasteiger partial charge in [-0.15, -0.1) is 11.3 Å². The molecule has 2 aromatic heterocycles. The summed E-state index contributed by atoms with van der Waals surface area (Å²) in [5.74, 6) is -0.577. The van der Waals surface area contributed by atoms with Crippen LogP contribution >= 0.6 is 11.3 Å². The van der Waals surface area contributed by atoms with Crippen molar-refractivity contribution in [2.24, 2.45) is 0 Å². The number of aryl methyl sites for hydroxylation is 1. The number of amides is 2. The summed E-state index contributed by atoms with van der Waals surface area (Å²) in [4.78, 5) is 39.2. The van der Waals surface area contributed by atoms with E-state index < -0.39 is 24.0 Å². The van der Waals surface area contributed by atoms with Crippen molar-refractivity contribution in [1.82, 2.24) is 29.7 Å². The minimum Gasteiger partial charge on any atom is -0.380 e. The second kappa shape index (κ2) is 13.5. The molecule has 44 heavy (non-hydrogen) atoms. The lowest BCUT2D eigenvalue weighted by molar-refractivity contribution is -0.153. The first-order valence-electron chi connectivity index (χ1n) is 15.1. The van der Waals surface area contributed by atoms with E-state index >= 15 is 0 Å². The SMILES string of the molecule is Cc1nc2ccccc2n1Cc1csc(CNC(=O)[C@H](O)[C@@H](O)C(=O)N2CCCC2c2cccc(CN3CCOCC3)c2)n1. The molecule has 232 valence electrons. The van der Waals surface area contributed by atoms with Crippen molar-refractivity contribution in [3.8, 4) is 0 Å². The van der Waals surface area contributed by atoms with Crippen LogP contribution in [0.1, 0.15) is 46.5 Å². The summed E-state index contributed by atoms with van der Waals surface area (Å²) in [6.07, 6.45) is -2.23. The van der Waals surface area contributed by atoms with E-state index in [1.807, 2.05) is 48.7 Å². The fraction of sp³-hybridized carbons (Fsp3) is 0.438. The molecule has 0 saturated carbocycles. The van der Waals surface area contributed by atoms with Crippen molar-refractivity contribution in [2.75, 3.05) is 32.8 Å². The number of carbonyl (C=O) groups is 2. The van der Waals surface area contributed by atoms with Gasteiger partial charge in [0.15, 0.2) is 12.2 Å². The minimum atomic E-state index is -1.89. The Balaban J connectivity index is 1.04. The van der Waals surface area contributed by atoms with Crippen molar-refractivity contribution in [3.63, 3.8) is 0 Å². The lowest BCUT2D eigenvalue weighted by Crippen LogP contribution is -2.50. The fourth-order valence-electron chi connectivity index (χ4n) is 6.07. The Bertz CT molecular complexity index is 1620. The topological polar surface area (TPSA) is 133 Å². The molecule has 0 bridgehead atoms. The third-order valence-electron chi connectivity index (χ3n) is 8.38. The van der Waals surface area contributed by atoms with Gasteiger partial charge in [-0.2, -0.15) is 0 Å². The fourth-order valence-corrected chi connectivity index (χ4v) is 6.79. The van der Waals surface area contributed by atoms with Gasteiger partial charge < -0.3 is 29.7 Å². The predicted molar refractivity (Wildman–Crippen MR) is 166 cm³/mol. The lowest BCUT2D eigenvalue weighted by Gasteiger charge is -2.29. The molecule has 2 aliphatic rings. The number of hydrogen-bond acceptors (Lipinski definition) is 9. The van der Waals surface area contributed by atoms with E-state index in [2.05, 4.69) is 36.9 Å². The maximum Gasteiger partial charge on any atom is 0.255 e. The Labute approximate surface area is 260 Å². The summed E-state index contributed by atoms with van der Waals surface area (Å²) in [6, 6.07) is 15.9. The van der Waals surface area contributed by atoms with Crippen LogP contribution in [0.5, 0.6) is 0 Å². The van der Waals surface area contributed by atoms with Gasteiger partial charge in [0.05, 0.1) is 49.1 Å². The molecule has 0 radical (unpaired) electrons. The quantitative estimate of drug-likeness (QED) is 0.247. The number of para-hydroxylation sites is 2. The molecule has 0 aliphatic carbocycles. The Morgan fingerprint density at radius 2 is 1.86 bits per heavy atom. The number of aromatic nitrogens is 3. The molecule has 12 heteroatoms. The number of fused-ring (bicyclic) bond motifs is 1. The van der Waals surface area contributed by atoms with E-state index in [9.17, 15) is 19.8 Å². The van der Waals surface area contributed by atoms with Gasteiger partial charge in [0.25, 0.3) is 11.8 Å². The highest BCUT2D eigenvalue weighted by Gasteiger charge is 2.38. The number of morpholine rings is 1. The van der Waals surface area contributed by atoms with Gasteiger partial charge in [-0.1, -0.05) is 36.4 Å². The van der Waals surface area contributed by atoms with Gasteiger partial charge in [0.2, 0.25) is 0 Å². The van der Waals surface area contributed by atoms with Crippen molar-refractivity contribution >= 4 is 34.2 Å². The molecule has 2 aliphatic heterocycles. The van der Waals surface area contributed by atoms with Crippen molar-refractivity contribution in [2.45, 2.75) is 57.6 Å². The summed E-state index contributed by atoms with van der Waals surface area (Å²) in [5.41, 5.74) is 4.92. The summed E-state index contributed by atoms with van der Waals surface area (Å²) in [7, 11) is 0. The van der Waals surface area contributed by atoms with Crippen LogP contribution in [-0.4, -0.2) is 91.4 Å². The summed E-state index contributed by atoms with van der Waals surface area (Å²) >= 11 is 1.39. The highest BCUT2D eigenvalue weighted by atomic mass is 32.1. The number of thiazole rings is 1. The van der Waals surface area contributed by atoms with Gasteiger partial charge in [-0.05, 0) is 43.0 Å². The normalized spacial score (nSPS) is 18.9. The number of ether oxygens (including phenoxy) is 1. The molecule has 2 fully saturated rings. The number of hydrogen-bond donors (Lipinski definition) is 3. The van der Waals surface area contributed by atoms with Crippen molar-refractivity contribution < 1.29 is 24.5 Å². The van der Waals surface area contributed by atoms with Crippen LogP contribution in [0.15, 0.2) is 53.9 Å². The molecule has 2 saturated heterocycles. The molecule has 2 amide bonds. The lowest BCUT2D eigenvalue weighted by atomic mass is 10.0. The molecule has 3 atom stereocenters. The Morgan fingerprint density at radius 3 is 2.70 bits per heavy atom. The zero-order valence-electron chi connectivity index (χ0n) is 24.8. The third-order valence-corrected chi connectivity index (χ3v) is 9.28. The summed E-state index contributed by atoms with van der Waals surface area (Å²) in [5, 5.41) is 26.6. The summed E-state index contributed by atoms with van der Waals surface area (Å²) < 4.78 is 7.54. The second-order valence-electron chi connectivity index (χ2n) is 11.4. The molecule has 0 spiro atoms. The molecule has 2 aromatic carbocycles. The first-order valence-corrected chi connectivity index (χ1v) is 15.9. The molecule has 11 nitrogen and oxygen atoms in total. The molecule has 3 N–H and O–H groups in total. The van der Waals surface area contributed by atoms with Gasteiger partial charge in [-0.25, -0.2) is 9.97 Å². The van der Waals surface area contributed by atoms with Crippen molar-refractivity contribution in [3.05, 3.63) is 81.6 Å². The third kappa shape index (κ3) is 6.69. The largest absolute Gasteiger partial charge is 0.380 e. The zero-order chi connectivity index (χ0) is 30.6. The first-order chi connectivity index (χ1) is 21.4. The average Bonchev–Trinajstić information content (AvgIpc) is 3.79. The van der Waals surface area contributed by atoms with Gasteiger partial charge in [-0.3, -0.25) is 14.5 Å². The van der Waals surface area contributed by atoms with E-state index in [1.54, 1.807) is 4.90 Å². The number of nitrogens with one attached hydrogen (secondary N) is 1. The highest BCUT2D eigenvalue weighted by molar-refractivity contribution is 7.09. The molecular formula is C32H38N6O5S. The van der Waals surface area contributed by atoms with Crippen molar-refractivity contribution in [1.29, 1.82) is 0 Å². The van der Waals surface area contributed by atoms with Crippen LogP contribution in [0.25, 0.3) is 11.0 Å². The van der Waals surface area contributed by atoms with Crippen LogP contribution in [-0.2, 0) is 34.0 Å². The number of rotatable bonds is 10. The maximum atomic E-state index is 13.3. The van der Waals surface area contributed by atoms with Crippen LogP contribution in [0.4, 0.5) is 0 Å². The second-order valence-corrected chi connectivity index (χ2v) is 12.3. The van der Waals surface area contributed by atoms with E-state index in [-0.39, 0.29) is 12.6 Å². The number of nitrogens with zero attached hydrogens (tertiary/aromatic N) is 5. The van der Waals surface area contributed by atoms with E-state index in [1.165, 1.54) is 11.3 Å². The van der Waals surface area contributed by atoms with E-state index in [0.717, 1.165) is 79.4 Å². The van der Waals surface area contributed by atoms with Crippen LogP contribution < -0.4 is 5.32 Å². The standard InChI is InChI=1S/C32H38N6O5S/c1-21-34-25-8-2-3-9-27(25)38(21)19-24-20-44-28(35-24)17-33-31(41)29(39)30(40)32(42)37-11-5-10-26(37)23-7-4-6-22(16-23)18-36-12-14-43-15-13-36/h2-4,6-9,16,20,26,29-30,39-40H,5,10-15,17-19H2,1H3,(H,33,41)/t26?,29-,30-/m1/s1. The average molecular weight is 619 g/mol. The van der Waals surface area contributed by atoms with E-state index in [0.29, 0.717) is 18.1 Å². The first kappa shape index (κ1) is 30.4. The smallest absolute Gasteiger partial charge is 0.255 e. The Morgan fingerprint density at radius 1 is 1.05 bits per heavy atom. The van der Waals surface area contributed by atoms with E-state index in [4.69, 9.17) is 4.74 Å². The number of benzene rings is 2. The number of imidazole rings is 1. The number of aliphatic hydroxyl groups is 2. The zero-order valence-corrected chi connectivity index (χ0v) is 25.6. The minimum absolute atomic E-state index is 0.0768. The number of carbonyl (C=O) groups excluding carboxylic acids is 2. The summed E-state index contributed by atoms with van der Waals surface area (Å²) in [6.45, 7) is 7.06. The number of aliphatic hydroxyl groups excluding tert-OH is 2. The molecule has 4 heterocycles. The van der Waals surface area contributed by atoms with Gasteiger partial charge in [0.1, 0.15) is 10.8 Å². The maximum absolute atomic E-state index is 13.3. The highest BCUT2D eigenvalue weighted by Crippen LogP contribution is 2.33. The molecule has 4 aromatic rings. The molecule has 1 unspecified atom stereocenters. The van der Waals surface area contributed by atoms with Crippen LogP contribution in [0, 0.1) is 6.92 Å². The molecule has 6 rings (SSSR count). The van der Waals surface area contributed by atoms with Gasteiger partial charge in [0, 0.05) is 31.6 Å². The molecular weight excluding hydrogens is 580 g/mol. The van der Waals surface area contributed by atoms with Crippen LogP contribution in [0.3, 0.4) is 0 Å².